The number of aliphatic carboxylic acids is 1. The van der Waals surface area contributed by atoms with Gasteiger partial charge in [0.1, 0.15) is 5.75 Å². The van der Waals surface area contributed by atoms with E-state index in [1.807, 2.05) is 13.0 Å². The third-order valence-corrected chi connectivity index (χ3v) is 6.20. The van der Waals surface area contributed by atoms with Crippen LogP contribution in [0.2, 0.25) is 0 Å². The third kappa shape index (κ3) is 5.74. The summed E-state index contributed by atoms with van der Waals surface area (Å²) < 4.78 is 6.20. The van der Waals surface area contributed by atoms with Gasteiger partial charge in [-0.25, -0.2) is 4.79 Å². The molecule has 0 saturated carbocycles. The summed E-state index contributed by atoms with van der Waals surface area (Å²) in [6.07, 6.45) is 9.40. The lowest BCUT2D eigenvalue weighted by atomic mass is 9.62. The quantitative estimate of drug-likeness (QED) is 0.382. The molecule has 1 N–H and O–H groups in total. The fraction of sp³-hybridized carbons (Fsp3) is 0.577. The number of hydrogen-bond acceptors (Lipinski definition) is 2. The molecule has 0 spiro atoms. The Hall–Kier alpha value is -2.03. The first kappa shape index (κ1) is 23.3. The van der Waals surface area contributed by atoms with Crippen LogP contribution in [0.25, 0.3) is 0 Å². The Kier molecular flexibility index (Phi) is 7.37. The third-order valence-electron chi connectivity index (χ3n) is 6.20. The van der Waals surface area contributed by atoms with Crippen LogP contribution in [0.1, 0.15) is 96.8 Å². The van der Waals surface area contributed by atoms with Gasteiger partial charge in [0.25, 0.3) is 0 Å². The molecule has 3 heteroatoms. The molecule has 0 heterocycles. The molecule has 0 fully saturated rings. The van der Waals surface area contributed by atoms with E-state index in [0.29, 0.717) is 5.92 Å². The van der Waals surface area contributed by atoms with E-state index in [4.69, 9.17) is 9.84 Å². The summed E-state index contributed by atoms with van der Waals surface area (Å²) in [5, 5.41) is 8.87. The van der Waals surface area contributed by atoms with Gasteiger partial charge in [-0.15, -0.1) is 0 Å². The Bertz CT molecular complexity index is 796. The smallest absolute Gasteiger partial charge is 0.328 e. The number of benzene rings is 1. The number of ether oxygens (including phenoxy) is 1. The maximum Gasteiger partial charge on any atom is 0.328 e. The van der Waals surface area contributed by atoms with Crippen molar-refractivity contribution in [2.24, 2.45) is 0 Å². The number of allylic oxidation sites excluding steroid dienone is 3. The second-order valence-corrected chi connectivity index (χ2v) is 9.82. The Morgan fingerprint density at radius 1 is 1.17 bits per heavy atom. The Morgan fingerprint density at radius 3 is 2.31 bits per heavy atom. The molecule has 0 aliphatic heterocycles. The van der Waals surface area contributed by atoms with E-state index in [-0.39, 0.29) is 10.8 Å². The van der Waals surface area contributed by atoms with E-state index in [9.17, 15) is 4.79 Å². The van der Waals surface area contributed by atoms with Crippen LogP contribution in [0.4, 0.5) is 0 Å². The molecule has 0 bridgehead atoms. The summed E-state index contributed by atoms with van der Waals surface area (Å²) in [5.41, 5.74) is 5.21. The molecule has 160 valence electrons. The number of carbonyl (C=O) groups is 1. The minimum Gasteiger partial charge on any atom is -0.493 e. The minimum absolute atomic E-state index is 0.162. The van der Waals surface area contributed by atoms with Crippen molar-refractivity contribution in [3.63, 3.8) is 0 Å². The highest BCUT2D eigenvalue weighted by Crippen LogP contribution is 2.48. The molecule has 1 aromatic carbocycles. The van der Waals surface area contributed by atoms with Gasteiger partial charge in [-0.2, -0.15) is 0 Å². The van der Waals surface area contributed by atoms with Crippen molar-refractivity contribution in [3.8, 4) is 5.75 Å². The lowest BCUT2D eigenvalue weighted by Gasteiger charge is -2.42. The molecule has 0 radical (unpaired) electrons. The van der Waals surface area contributed by atoms with Crippen LogP contribution < -0.4 is 4.74 Å². The summed E-state index contributed by atoms with van der Waals surface area (Å²) >= 11 is 0. The molecule has 1 aromatic rings. The topological polar surface area (TPSA) is 46.5 Å². The van der Waals surface area contributed by atoms with Crippen LogP contribution in [0, 0.1) is 0 Å². The molecule has 0 saturated heterocycles. The summed E-state index contributed by atoms with van der Waals surface area (Å²) in [6.45, 7) is 16.3. The summed E-state index contributed by atoms with van der Waals surface area (Å²) in [7, 11) is 0. The molecular formula is C26H38O3. The van der Waals surface area contributed by atoms with Crippen LogP contribution in [-0.2, 0) is 15.6 Å². The SMILES string of the molecule is CCCOc1cc2c(cc1C(C)CC=CC(C)=CC(=O)O)C(C)(C)CCC2(C)C. The van der Waals surface area contributed by atoms with Gasteiger partial charge in [-0.3, -0.25) is 0 Å². The first-order valence-electron chi connectivity index (χ1n) is 10.9. The zero-order chi connectivity index (χ0) is 21.8. The summed E-state index contributed by atoms with van der Waals surface area (Å²) in [6, 6.07) is 4.69. The van der Waals surface area contributed by atoms with Crippen LogP contribution >= 0.6 is 0 Å². The predicted octanol–water partition coefficient (Wildman–Crippen LogP) is 6.91. The summed E-state index contributed by atoms with van der Waals surface area (Å²) in [5.74, 6) is 0.395. The average molecular weight is 399 g/mol. The number of hydrogen-bond donors (Lipinski definition) is 1. The minimum atomic E-state index is -0.907. The van der Waals surface area contributed by atoms with Crippen molar-refractivity contribution in [2.45, 2.75) is 90.9 Å². The van der Waals surface area contributed by atoms with Crippen molar-refractivity contribution >= 4 is 5.97 Å². The fourth-order valence-corrected chi connectivity index (χ4v) is 4.16. The van der Waals surface area contributed by atoms with Crippen molar-refractivity contribution in [1.29, 1.82) is 0 Å². The van der Waals surface area contributed by atoms with E-state index < -0.39 is 5.97 Å². The van der Waals surface area contributed by atoms with Crippen LogP contribution in [0.5, 0.6) is 5.75 Å². The second kappa shape index (κ2) is 9.19. The first-order valence-corrected chi connectivity index (χ1v) is 10.9. The predicted molar refractivity (Wildman–Crippen MR) is 121 cm³/mol. The van der Waals surface area contributed by atoms with E-state index in [0.717, 1.165) is 30.8 Å². The fourth-order valence-electron chi connectivity index (χ4n) is 4.16. The highest BCUT2D eigenvalue weighted by molar-refractivity contribution is 5.81. The average Bonchev–Trinajstić information content (AvgIpc) is 2.62. The van der Waals surface area contributed by atoms with Crippen LogP contribution in [-0.4, -0.2) is 17.7 Å². The number of rotatable bonds is 8. The Balaban J connectivity index is 2.41. The zero-order valence-corrected chi connectivity index (χ0v) is 19.3. The standard InChI is InChI=1S/C26H38O3/c1-8-14-29-23-17-22-21(25(4,5)12-13-26(22,6)7)16-20(23)19(3)11-9-10-18(2)15-24(27)28/h9-10,15-17,19H,8,11-14H2,1-7H3,(H,27,28). The van der Waals surface area contributed by atoms with Gasteiger partial charge in [0, 0.05) is 6.08 Å². The van der Waals surface area contributed by atoms with Gasteiger partial charge in [-0.05, 0) is 77.7 Å². The van der Waals surface area contributed by atoms with Gasteiger partial charge < -0.3 is 9.84 Å². The van der Waals surface area contributed by atoms with Gasteiger partial charge >= 0.3 is 5.97 Å². The molecule has 1 atom stereocenters. The van der Waals surface area contributed by atoms with Gasteiger partial charge in [0.15, 0.2) is 0 Å². The molecule has 3 nitrogen and oxygen atoms in total. The molecule has 1 aliphatic rings. The molecule has 29 heavy (non-hydrogen) atoms. The van der Waals surface area contributed by atoms with Crippen molar-refractivity contribution in [1.82, 2.24) is 0 Å². The zero-order valence-electron chi connectivity index (χ0n) is 19.3. The van der Waals surface area contributed by atoms with Gasteiger partial charge in [-0.1, -0.05) is 59.8 Å². The monoisotopic (exact) mass is 398 g/mol. The van der Waals surface area contributed by atoms with E-state index in [1.54, 1.807) is 0 Å². The number of fused-ring (bicyclic) bond motifs is 1. The van der Waals surface area contributed by atoms with E-state index >= 15 is 0 Å². The Labute approximate surface area is 176 Å². The largest absolute Gasteiger partial charge is 0.493 e. The van der Waals surface area contributed by atoms with Crippen LogP contribution in [0.3, 0.4) is 0 Å². The van der Waals surface area contributed by atoms with E-state index in [2.05, 4.69) is 59.8 Å². The lowest BCUT2D eigenvalue weighted by molar-refractivity contribution is -0.131. The van der Waals surface area contributed by atoms with Crippen molar-refractivity contribution < 1.29 is 14.6 Å². The normalized spacial score (nSPS) is 19.1. The van der Waals surface area contributed by atoms with Crippen molar-refractivity contribution in [3.05, 3.63) is 52.6 Å². The van der Waals surface area contributed by atoms with Gasteiger partial charge in [0.05, 0.1) is 6.61 Å². The van der Waals surface area contributed by atoms with Crippen LogP contribution in [0.15, 0.2) is 35.9 Å². The molecule has 0 aromatic heterocycles. The lowest BCUT2D eigenvalue weighted by Crippen LogP contribution is -2.34. The first-order chi connectivity index (χ1) is 13.5. The molecule has 2 rings (SSSR count). The summed E-state index contributed by atoms with van der Waals surface area (Å²) in [4.78, 5) is 10.8. The maximum absolute atomic E-state index is 10.8. The van der Waals surface area contributed by atoms with Gasteiger partial charge in [0.2, 0.25) is 0 Å². The highest BCUT2D eigenvalue weighted by atomic mass is 16.5. The maximum atomic E-state index is 10.8. The number of carboxylic acid groups (broad SMARTS) is 1. The molecule has 0 amide bonds. The molecule has 1 unspecified atom stereocenters. The second-order valence-electron chi connectivity index (χ2n) is 9.82. The molecule has 1 aliphatic carbocycles. The van der Waals surface area contributed by atoms with Crippen molar-refractivity contribution in [2.75, 3.05) is 6.61 Å². The highest BCUT2D eigenvalue weighted by Gasteiger charge is 2.38. The molecular weight excluding hydrogens is 360 g/mol. The Morgan fingerprint density at radius 2 is 1.76 bits per heavy atom. The number of carboxylic acids is 1. The van der Waals surface area contributed by atoms with E-state index in [1.165, 1.54) is 35.6 Å².